The van der Waals surface area contributed by atoms with Crippen LogP contribution in [0.2, 0.25) is 0 Å². The van der Waals surface area contributed by atoms with E-state index in [2.05, 4.69) is 166 Å². The lowest BCUT2D eigenvalue weighted by atomic mass is 9.81. The number of fused-ring (bicyclic) bond motifs is 9. The van der Waals surface area contributed by atoms with E-state index in [1.165, 1.54) is 44.2 Å². The third-order valence-corrected chi connectivity index (χ3v) is 11.5. The molecule has 3 nitrogen and oxygen atoms in total. The van der Waals surface area contributed by atoms with Crippen molar-refractivity contribution < 1.29 is 4.42 Å². The van der Waals surface area contributed by atoms with E-state index in [0.29, 0.717) is 5.82 Å². The second kappa shape index (κ2) is 11.6. The summed E-state index contributed by atoms with van der Waals surface area (Å²) in [6.07, 6.45) is 0. The third-order valence-electron chi connectivity index (χ3n) is 11.5. The molecule has 0 unspecified atom stereocenters. The summed E-state index contributed by atoms with van der Waals surface area (Å²) in [5.41, 5.74) is 14.3. The van der Waals surface area contributed by atoms with Crippen LogP contribution in [0.25, 0.3) is 99.6 Å². The summed E-state index contributed by atoms with van der Waals surface area (Å²) in [5, 5.41) is 6.96. The van der Waals surface area contributed by atoms with Crippen molar-refractivity contribution in [3.05, 3.63) is 181 Å². The van der Waals surface area contributed by atoms with Gasteiger partial charge in [0.25, 0.3) is 0 Å². The average molecular weight is 691 g/mol. The largest absolute Gasteiger partial charge is 0.455 e. The fraction of sp³-hybridized carbons (Fsp3) is 0.0588. The zero-order valence-electron chi connectivity index (χ0n) is 30.0. The van der Waals surface area contributed by atoms with E-state index >= 15 is 0 Å². The zero-order chi connectivity index (χ0) is 36.0. The van der Waals surface area contributed by atoms with Crippen LogP contribution in [0.15, 0.2) is 174 Å². The van der Waals surface area contributed by atoms with Gasteiger partial charge in [0.1, 0.15) is 11.2 Å². The van der Waals surface area contributed by atoms with Crippen LogP contribution in [0.5, 0.6) is 0 Å². The van der Waals surface area contributed by atoms with Gasteiger partial charge in [-0.15, -0.1) is 0 Å². The maximum Gasteiger partial charge on any atom is 0.160 e. The number of hydrogen-bond acceptors (Lipinski definition) is 3. The fourth-order valence-corrected chi connectivity index (χ4v) is 8.75. The molecule has 2 aromatic heterocycles. The molecule has 2 heterocycles. The quantitative estimate of drug-likeness (QED) is 0.184. The number of furan rings is 1. The van der Waals surface area contributed by atoms with E-state index in [1.807, 2.05) is 18.2 Å². The molecule has 3 heteroatoms. The molecule has 0 aliphatic heterocycles. The standard InChI is InChI=1S/C51H34N2O/c1-51(2)42-20-10-18-37(47(42)41-28-35-15-6-7-16-36(35)29-43(41)51)32-22-24-33(25-23-32)44-30-45(53-50(52-44)34-13-4-3-5-14-34)39-19-11-21-46-48(39)40-27-26-31-12-8-9-17-38(31)49(40)54-46/h3-30H,1-2H3. The van der Waals surface area contributed by atoms with E-state index in [4.69, 9.17) is 14.4 Å². The number of benzene rings is 8. The van der Waals surface area contributed by atoms with Crippen molar-refractivity contribution in [3.63, 3.8) is 0 Å². The Morgan fingerprint density at radius 2 is 1.13 bits per heavy atom. The average Bonchev–Trinajstić information content (AvgIpc) is 3.72. The number of nitrogens with zero attached hydrogens (tertiary/aromatic N) is 2. The predicted molar refractivity (Wildman–Crippen MR) is 224 cm³/mol. The van der Waals surface area contributed by atoms with Crippen LogP contribution in [0, 0.1) is 0 Å². The van der Waals surface area contributed by atoms with Crippen LogP contribution in [-0.4, -0.2) is 9.97 Å². The molecule has 54 heavy (non-hydrogen) atoms. The van der Waals surface area contributed by atoms with Crippen molar-refractivity contribution in [2.75, 3.05) is 0 Å². The van der Waals surface area contributed by atoms with Crippen LogP contribution in [0.3, 0.4) is 0 Å². The monoisotopic (exact) mass is 690 g/mol. The van der Waals surface area contributed by atoms with Gasteiger partial charge in [0.05, 0.1) is 11.4 Å². The number of aromatic nitrogens is 2. The molecule has 0 atom stereocenters. The Hall–Kier alpha value is -6.84. The fourth-order valence-electron chi connectivity index (χ4n) is 8.75. The van der Waals surface area contributed by atoms with E-state index in [1.54, 1.807) is 0 Å². The SMILES string of the molecule is CC1(C)c2cc3ccccc3cc2-c2c(-c3ccc(-c4cc(-c5cccc6oc7c8ccccc8ccc7c56)nc(-c5ccccc5)n4)cc3)cccc21. The van der Waals surface area contributed by atoms with E-state index in [-0.39, 0.29) is 5.41 Å². The van der Waals surface area contributed by atoms with Gasteiger partial charge < -0.3 is 4.42 Å². The Bertz CT molecular complexity index is 3120. The molecule has 0 saturated carbocycles. The van der Waals surface area contributed by atoms with Gasteiger partial charge in [-0.25, -0.2) is 9.97 Å². The third kappa shape index (κ3) is 4.61. The summed E-state index contributed by atoms with van der Waals surface area (Å²) in [7, 11) is 0. The van der Waals surface area contributed by atoms with Gasteiger partial charge in [0, 0.05) is 38.3 Å². The van der Waals surface area contributed by atoms with Crippen LogP contribution in [0.1, 0.15) is 25.0 Å². The van der Waals surface area contributed by atoms with Crippen molar-refractivity contribution in [2.45, 2.75) is 19.3 Å². The van der Waals surface area contributed by atoms with E-state index < -0.39 is 0 Å². The van der Waals surface area contributed by atoms with Crippen molar-refractivity contribution in [2.24, 2.45) is 0 Å². The molecular formula is C51H34N2O. The van der Waals surface area contributed by atoms with Gasteiger partial charge in [0.2, 0.25) is 0 Å². The Kier molecular flexibility index (Phi) is 6.60. The smallest absolute Gasteiger partial charge is 0.160 e. The van der Waals surface area contributed by atoms with Gasteiger partial charge in [-0.05, 0) is 79.9 Å². The van der Waals surface area contributed by atoms with Gasteiger partial charge >= 0.3 is 0 Å². The highest BCUT2D eigenvalue weighted by Crippen LogP contribution is 2.53. The van der Waals surface area contributed by atoms with Crippen molar-refractivity contribution in [1.29, 1.82) is 0 Å². The highest BCUT2D eigenvalue weighted by molar-refractivity contribution is 6.19. The molecule has 0 amide bonds. The lowest BCUT2D eigenvalue weighted by Gasteiger charge is -2.22. The predicted octanol–water partition coefficient (Wildman–Crippen LogP) is 13.7. The highest BCUT2D eigenvalue weighted by Gasteiger charge is 2.37. The van der Waals surface area contributed by atoms with Crippen molar-refractivity contribution >= 4 is 43.5 Å². The summed E-state index contributed by atoms with van der Waals surface area (Å²) >= 11 is 0. The van der Waals surface area contributed by atoms with Crippen molar-refractivity contribution in [3.8, 4) is 56.2 Å². The molecule has 1 aliphatic carbocycles. The lowest BCUT2D eigenvalue weighted by molar-refractivity contribution is 0.661. The Morgan fingerprint density at radius 3 is 1.96 bits per heavy atom. The second-order valence-corrected chi connectivity index (χ2v) is 14.9. The molecule has 0 spiro atoms. The molecule has 0 N–H and O–H groups in total. The topological polar surface area (TPSA) is 38.9 Å². The highest BCUT2D eigenvalue weighted by atomic mass is 16.3. The number of hydrogen-bond donors (Lipinski definition) is 0. The van der Waals surface area contributed by atoms with Gasteiger partial charge in [-0.2, -0.15) is 0 Å². The minimum Gasteiger partial charge on any atom is -0.455 e. The summed E-state index contributed by atoms with van der Waals surface area (Å²) in [5.74, 6) is 0.689. The van der Waals surface area contributed by atoms with Crippen LogP contribution in [0.4, 0.5) is 0 Å². The maximum atomic E-state index is 6.56. The van der Waals surface area contributed by atoms with Gasteiger partial charge in [-0.1, -0.05) is 153 Å². The summed E-state index contributed by atoms with van der Waals surface area (Å²) < 4.78 is 6.56. The molecule has 1 aliphatic rings. The first kappa shape index (κ1) is 30.8. The first-order chi connectivity index (χ1) is 26.5. The molecular weight excluding hydrogens is 657 g/mol. The summed E-state index contributed by atoms with van der Waals surface area (Å²) in [6.45, 7) is 4.71. The second-order valence-electron chi connectivity index (χ2n) is 14.9. The number of rotatable bonds is 4. The molecule has 0 fully saturated rings. The normalized spacial score (nSPS) is 13.1. The molecule has 254 valence electrons. The molecule has 10 aromatic rings. The molecule has 0 saturated heterocycles. The maximum absolute atomic E-state index is 6.56. The Labute approximate surface area is 313 Å². The lowest BCUT2D eigenvalue weighted by Crippen LogP contribution is -2.14. The first-order valence-corrected chi connectivity index (χ1v) is 18.6. The van der Waals surface area contributed by atoms with Crippen LogP contribution >= 0.6 is 0 Å². The summed E-state index contributed by atoms with van der Waals surface area (Å²) in [4.78, 5) is 10.4. The van der Waals surface area contributed by atoms with Crippen LogP contribution < -0.4 is 0 Å². The molecule has 0 radical (unpaired) electrons. The van der Waals surface area contributed by atoms with Crippen molar-refractivity contribution in [1.82, 2.24) is 9.97 Å². The van der Waals surface area contributed by atoms with Crippen LogP contribution in [-0.2, 0) is 5.41 Å². The molecule has 11 rings (SSSR count). The van der Waals surface area contributed by atoms with E-state index in [9.17, 15) is 0 Å². The minimum atomic E-state index is -0.0912. The Balaban J connectivity index is 1.06. The summed E-state index contributed by atoms with van der Waals surface area (Å²) in [6, 6.07) is 60.5. The Morgan fingerprint density at radius 1 is 0.444 bits per heavy atom. The van der Waals surface area contributed by atoms with E-state index in [0.717, 1.165) is 60.8 Å². The first-order valence-electron chi connectivity index (χ1n) is 18.6. The molecule has 0 bridgehead atoms. The minimum absolute atomic E-state index is 0.0912. The van der Waals surface area contributed by atoms with Gasteiger partial charge in [0.15, 0.2) is 5.82 Å². The molecule has 8 aromatic carbocycles. The zero-order valence-corrected chi connectivity index (χ0v) is 30.0. The van der Waals surface area contributed by atoms with Gasteiger partial charge in [-0.3, -0.25) is 0 Å².